The van der Waals surface area contributed by atoms with Crippen molar-refractivity contribution in [1.82, 2.24) is 15.2 Å². The number of nitrogens with one attached hydrogen (secondary N) is 1. The largest absolute Gasteiger partial charge is 0.437 e. The third kappa shape index (κ3) is 2.37. The number of hydrogen-bond acceptors (Lipinski definition) is 3. The fraction of sp³-hybridized carbons (Fsp3) is 0.250. The van der Waals surface area contributed by atoms with Gasteiger partial charge in [0.2, 0.25) is 5.89 Å². The van der Waals surface area contributed by atoms with Crippen LogP contribution in [0.1, 0.15) is 37.9 Å². The molecule has 0 aliphatic heterocycles. The molecule has 1 N–H and O–H groups in total. The number of para-hydroxylation sites is 2. The van der Waals surface area contributed by atoms with E-state index >= 15 is 0 Å². The number of H-pyrrole nitrogens is 1. The molecule has 0 amide bonds. The number of aromatic nitrogens is 3. The van der Waals surface area contributed by atoms with Crippen LogP contribution in [-0.4, -0.2) is 15.2 Å². The van der Waals surface area contributed by atoms with Crippen LogP contribution in [0.2, 0.25) is 0 Å². The predicted molar refractivity (Wildman–Crippen MR) is 80.2 cm³/mol. The number of hydrogen-bond donors (Lipinski definition) is 1. The number of fused-ring (bicyclic) bond motifs is 1. The zero-order valence-electron chi connectivity index (χ0n) is 11.8. The van der Waals surface area contributed by atoms with Crippen molar-refractivity contribution in [3.05, 3.63) is 47.6 Å². The number of nitrogens with zero attached hydrogens (tertiary/aromatic N) is 2. The summed E-state index contributed by atoms with van der Waals surface area (Å²) in [4.78, 5) is 4.42. The maximum atomic E-state index is 5.66. The normalized spacial score (nSPS) is 12.6. The van der Waals surface area contributed by atoms with E-state index in [4.69, 9.17) is 4.42 Å². The molecular formula is C16H17N3O. The number of benzene rings is 1. The summed E-state index contributed by atoms with van der Waals surface area (Å²) in [6, 6.07) is 7.74. The maximum absolute atomic E-state index is 5.66. The van der Waals surface area contributed by atoms with Crippen molar-refractivity contribution < 1.29 is 4.42 Å². The molecule has 0 fully saturated rings. The van der Waals surface area contributed by atoms with E-state index in [1.54, 1.807) is 0 Å². The molecule has 3 aromatic rings. The van der Waals surface area contributed by atoms with Gasteiger partial charge in [-0.3, -0.25) is 5.10 Å². The van der Waals surface area contributed by atoms with Crippen LogP contribution in [0, 0.1) is 0 Å². The highest BCUT2D eigenvalue weighted by Crippen LogP contribution is 2.25. The topological polar surface area (TPSA) is 54.7 Å². The minimum absolute atomic E-state index is 0.0253. The van der Waals surface area contributed by atoms with Gasteiger partial charge >= 0.3 is 0 Å². The number of rotatable bonds is 2. The Morgan fingerprint density at radius 1 is 1.15 bits per heavy atom. The van der Waals surface area contributed by atoms with Crippen LogP contribution in [0.5, 0.6) is 0 Å². The monoisotopic (exact) mass is 267 g/mol. The molecule has 0 bridgehead atoms. The van der Waals surface area contributed by atoms with Crippen LogP contribution >= 0.6 is 0 Å². The molecule has 102 valence electrons. The first-order valence-electron chi connectivity index (χ1n) is 6.61. The lowest BCUT2D eigenvalue weighted by molar-refractivity contribution is 0.565. The van der Waals surface area contributed by atoms with Crippen LogP contribution in [0.15, 0.2) is 34.9 Å². The molecule has 4 nitrogen and oxygen atoms in total. The van der Waals surface area contributed by atoms with Crippen LogP contribution in [-0.2, 0) is 5.41 Å². The molecule has 0 saturated carbocycles. The third-order valence-electron chi connectivity index (χ3n) is 3.13. The van der Waals surface area contributed by atoms with Crippen molar-refractivity contribution in [2.24, 2.45) is 0 Å². The van der Waals surface area contributed by atoms with Gasteiger partial charge in [0.1, 0.15) is 5.52 Å². The van der Waals surface area contributed by atoms with E-state index in [0.717, 1.165) is 22.4 Å². The zero-order chi connectivity index (χ0) is 14.2. The fourth-order valence-electron chi connectivity index (χ4n) is 2.14. The molecule has 0 radical (unpaired) electrons. The minimum Gasteiger partial charge on any atom is -0.437 e. The summed E-state index contributed by atoms with van der Waals surface area (Å²) < 4.78 is 5.66. The van der Waals surface area contributed by atoms with Crippen molar-refractivity contribution in [2.45, 2.75) is 26.2 Å². The van der Waals surface area contributed by atoms with Crippen molar-refractivity contribution in [2.75, 3.05) is 0 Å². The summed E-state index contributed by atoms with van der Waals surface area (Å²) in [5.74, 6) is 0.604. The average Bonchev–Trinajstić information content (AvgIpc) is 3.01. The molecule has 0 aliphatic carbocycles. The van der Waals surface area contributed by atoms with Gasteiger partial charge in [0.15, 0.2) is 5.58 Å². The standard InChI is InChI=1S/C16H17N3O/c1-16(2,3)15-11(10-17-19-15)8-9-14-18-12-6-4-5-7-13(12)20-14/h4-10H,1-3H3,(H,17,19)/b9-8+. The van der Waals surface area contributed by atoms with Gasteiger partial charge in [0.25, 0.3) is 0 Å². The zero-order valence-corrected chi connectivity index (χ0v) is 11.8. The first-order chi connectivity index (χ1) is 9.54. The van der Waals surface area contributed by atoms with E-state index in [-0.39, 0.29) is 5.41 Å². The summed E-state index contributed by atoms with van der Waals surface area (Å²) in [7, 11) is 0. The van der Waals surface area contributed by atoms with Crippen molar-refractivity contribution in [3.8, 4) is 0 Å². The van der Waals surface area contributed by atoms with Gasteiger partial charge in [0.05, 0.1) is 6.20 Å². The molecule has 3 rings (SSSR count). The molecule has 4 heteroatoms. The Morgan fingerprint density at radius 3 is 2.70 bits per heavy atom. The summed E-state index contributed by atoms with van der Waals surface area (Å²) in [6.07, 6.45) is 5.68. The maximum Gasteiger partial charge on any atom is 0.220 e. The molecule has 0 atom stereocenters. The van der Waals surface area contributed by atoms with Crippen LogP contribution < -0.4 is 0 Å². The molecule has 0 saturated heterocycles. The average molecular weight is 267 g/mol. The Hall–Kier alpha value is -2.36. The molecule has 0 spiro atoms. The second-order valence-corrected chi connectivity index (χ2v) is 5.80. The van der Waals surface area contributed by atoms with Gasteiger partial charge in [-0.2, -0.15) is 5.10 Å². The molecule has 0 aliphatic rings. The molecule has 2 aromatic heterocycles. The Balaban J connectivity index is 1.93. The SMILES string of the molecule is CC(C)(C)c1[nH]ncc1/C=C/c1nc2ccccc2o1. The molecule has 20 heavy (non-hydrogen) atoms. The first-order valence-corrected chi connectivity index (χ1v) is 6.61. The van der Waals surface area contributed by atoms with Crippen LogP contribution in [0.3, 0.4) is 0 Å². The molecule has 0 unspecified atom stereocenters. The second-order valence-electron chi connectivity index (χ2n) is 5.80. The van der Waals surface area contributed by atoms with Crippen LogP contribution in [0.4, 0.5) is 0 Å². The van der Waals surface area contributed by atoms with E-state index in [2.05, 4.69) is 36.0 Å². The highest BCUT2D eigenvalue weighted by atomic mass is 16.3. The number of aromatic amines is 1. The van der Waals surface area contributed by atoms with Crippen molar-refractivity contribution >= 4 is 23.3 Å². The van der Waals surface area contributed by atoms with E-state index in [0.29, 0.717) is 5.89 Å². The van der Waals surface area contributed by atoms with E-state index < -0.39 is 0 Å². The van der Waals surface area contributed by atoms with E-state index in [1.807, 2.05) is 42.6 Å². The lowest BCUT2D eigenvalue weighted by Crippen LogP contribution is -2.13. The fourth-order valence-corrected chi connectivity index (χ4v) is 2.14. The first kappa shape index (κ1) is 12.7. The quantitative estimate of drug-likeness (QED) is 0.763. The Morgan fingerprint density at radius 2 is 1.95 bits per heavy atom. The van der Waals surface area contributed by atoms with Gasteiger partial charge in [-0.25, -0.2) is 4.98 Å². The smallest absolute Gasteiger partial charge is 0.220 e. The summed E-state index contributed by atoms with van der Waals surface area (Å²) in [5.41, 5.74) is 3.85. The number of oxazole rings is 1. The van der Waals surface area contributed by atoms with Crippen molar-refractivity contribution in [3.63, 3.8) is 0 Å². The minimum atomic E-state index is 0.0253. The summed E-state index contributed by atoms with van der Waals surface area (Å²) in [6.45, 7) is 6.45. The van der Waals surface area contributed by atoms with E-state index in [1.165, 1.54) is 0 Å². The predicted octanol–water partition coefficient (Wildman–Crippen LogP) is 4.02. The lowest BCUT2D eigenvalue weighted by atomic mass is 9.89. The van der Waals surface area contributed by atoms with Gasteiger partial charge in [-0.15, -0.1) is 0 Å². The van der Waals surface area contributed by atoms with Gasteiger partial charge in [-0.1, -0.05) is 32.9 Å². The van der Waals surface area contributed by atoms with Gasteiger partial charge in [-0.05, 0) is 18.2 Å². The summed E-state index contributed by atoms with van der Waals surface area (Å²) in [5, 5.41) is 7.17. The highest BCUT2D eigenvalue weighted by molar-refractivity contribution is 5.76. The molecule has 1 aromatic carbocycles. The highest BCUT2D eigenvalue weighted by Gasteiger charge is 2.18. The molecular weight excluding hydrogens is 250 g/mol. The molecule has 2 heterocycles. The lowest BCUT2D eigenvalue weighted by Gasteiger charge is -2.16. The Labute approximate surface area is 117 Å². The van der Waals surface area contributed by atoms with Crippen molar-refractivity contribution in [1.29, 1.82) is 0 Å². The van der Waals surface area contributed by atoms with Gasteiger partial charge in [0, 0.05) is 22.7 Å². The van der Waals surface area contributed by atoms with Crippen LogP contribution in [0.25, 0.3) is 23.3 Å². The second kappa shape index (κ2) is 4.63. The van der Waals surface area contributed by atoms with Gasteiger partial charge < -0.3 is 4.42 Å². The Kier molecular flexibility index (Phi) is 2.93. The summed E-state index contributed by atoms with van der Waals surface area (Å²) >= 11 is 0. The third-order valence-corrected chi connectivity index (χ3v) is 3.13. The Bertz CT molecular complexity index is 726. The van der Waals surface area contributed by atoms with E-state index in [9.17, 15) is 0 Å².